The molecule has 1 aliphatic rings. The van der Waals surface area contributed by atoms with E-state index in [1.807, 2.05) is 0 Å². The highest BCUT2D eigenvalue weighted by Gasteiger charge is 2.36. The zero-order valence-corrected chi connectivity index (χ0v) is 15.3. The van der Waals surface area contributed by atoms with E-state index in [0.717, 1.165) is 22.1 Å². The molecule has 3 heterocycles. The van der Waals surface area contributed by atoms with Crippen molar-refractivity contribution >= 4 is 32.7 Å². The van der Waals surface area contributed by atoms with Crippen LogP contribution in [0, 0.1) is 0 Å². The van der Waals surface area contributed by atoms with Gasteiger partial charge in [0.25, 0.3) is 5.56 Å². The van der Waals surface area contributed by atoms with Gasteiger partial charge in [-0.15, -0.1) is 0 Å². The molecule has 7 nitrogen and oxygen atoms in total. The van der Waals surface area contributed by atoms with E-state index in [1.54, 1.807) is 11.0 Å². The summed E-state index contributed by atoms with van der Waals surface area (Å²) in [5.41, 5.74) is -1.18. The number of rotatable bonds is 3. The van der Waals surface area contributed by atoms with Gasteiger partial charge in [0, 0.05) is 13.1 Å². The van der Waals surface area contributed by atoms with Crippen molar-refractivity contribution < 1.29 is 22.7 Å². The molecule has 0 bridgehead atoms. The number of ether oxygens (including phenoxy) is 1. The van der Waals surface area contributed by atoms with Crippen LogP contribution in [0.3, 0.4) is 0 Å². The molecule has 4 rings (SSSR count). The maximum Gasteiger partial charge on any atom is 0.418 e. The fraction of sp³-hybridized carbons (Fsp3) is 0.294. The predicted octanol–water partition coefficient (Wildman–Crippen LogP) is 2.45. The number of anilines is 1. The first-order valence-electron chi connectivity index (χ1n) is 8.19. The van der Waals surface area contributed by atoms with Gasteiger partial charge < -0.3 is 9.64 Å². The second-order valence-corrected chi connectivity index (χ2v) is 7.27. The number of carbonyl (C=O) groups is 1. The normalized spacial score (nSPS) is 14.9. The zero-order valence-electron chi connectivity index (χ0n) is 14.4. The van der Waals surface area contributed by atoms with Crippen molar-refractivity contribution in [3.8, 4) is 0 Å². The van der Waals surface area contributed by atoms with Crippen molar-refractivity contribution in [1.82, 2.24) is 14.8 Å². The average Bonchev–Trinajstić information content (AvgIpc) is 3.02. The second-order valence-electron chi connectivity index (χ2n) is 6.26. The molecule has 3 aromatic rings. The number of halogens is 3. The maximum atomic E-state index is 13.1. The quantitative estimate of drug-likeness (QED) is 0.618. The summed E-state index contributed by atoms with van der Waals surface area (Å²) in [7, 11) is 1.42. The maximum absolute atomic E-state index is 13.1. The number of thiazole rings is 1. The summed E-state index contributed by atoms with van der Waals surface area (Å²) in [4.78, 5) is 29.3. The summed E-state index contributed by atoms with van der Waals surface area (Å²) in [6.45, 7) is 0.636. The fourth-order valence-corrected chi connectivity index (χ4v) is 3.80. The number of hydrogen-bond donors (Lipinski definition) is 0. The molecule has 0 amide bonds. The largest absolute Gasteiger partial charge is 0.454 e. The molecule has 1 aliphatic heterocycles. The van der Waals surface area contributed by atoms with Crippen LogP contribution in [0.15, 0.2) is 35.1 Å². The van der Waals surface area contributed by atoms with Gasteiger partial charge in [0.2, 0.25) is 0 Å². The van der Waals surface area contributed by atoms with Gasteiger partial charge in [-0.3, -0.25) is 4.79 Å². The van der Waals surface area contributed by atoms with Gasteiger partial charge in [-0.2, -0.15) is 18.3 Å². The first kappa shape index (κ1) is 18.4. The summed E-state index contributed by atoms with van der Waals surface area (Å²) in [5.74, 6) is -0.663. The number of nitrogens with zero attached hydrogens (tertiary/aromatic N) is 4. The molecule has 0 radical (unpaired) electrons. The summed E-state index contributed by atoms with van der Waals surface area (Å²) in [5, 5.41) is 4.27. The molecule has 0 unspecified atom stereocenters. The van der Waals surface area contributed by atoms with Crippen molar-refractivity contribution in [3.05, 3.63) is 51.9 Å². The number of fused-ring (bicyclic) bond motifs is 1. The van der Waals surface area contributed by atoms with Gasteiger partial charge in [0.05, 0.1) is 28.9 Å². The third kappa shape index (κ3) is 3.33. The number of esters is 1. The molecular weight excluding hydrogens is 397 g/mol. The molecule has 2 aromatic heterocycles. The SMILES string of the molecule is Cn1nc(C(=O)OC2CN(c3nc4c(C(F)(F)F)cccc4s3)C2)ccc1=O. The third-order valence-corrected chi connectivity index (χ3v) is 5.36. The van der Waals surface area contributed by atoms with Crippen molar-refractivity contribution in [2.45, 2.75) is 12.3 Å². The number of benzene rings is 1. The van der Waals surface area contributed by atoms with E-state index in [9.17, 15) is 22.8 Å². The van der Waals surface area contributed by atoms with Gasteiger partial charge in [-0.05, 0) is 18.2 Å². The van der Waals surface area contributed by atoms with Crippen molar-refractivity contribution in [3.63, 3.8) is 0 Å². The van der Waals surface area contributed by atoms with Crippen LogP contribution < -0.4 is 10.5 Å². The number of aryl methyl sites for hydroxylation is 1. The first-order chi connectivity index (χ1) is 13.2. The topological polar surface area (TPSA) is 77.3 Å². The highest BCUT2D eigenvalue weighted by Crippen LogP contribution is 2.39. The Morgan fingerprint density at radius 2 is 2.00 bits per heavy atom. The van der Waals surface area contributed by atoms with E-state index in [4.69, 9.17) is 4.74 Å². The molecule has 0 aliphatic carbocycles. The van der Waals surface area contributed by atoms with Crippen LogP contribution in [0.1, 0.15) is 16.1 Å². The minimum Gasteiger partial charge on any atom is -0.454 e. The number of alkyl halides is 3. The fourth-order valence-electron chi connectivity index (χ4n) is 2.79. The summed E-state index contributed by atoms with van der Waals surface area (Å²) in [6, 6.07) is 6.46. The Labute approximate surface area is 160 Å². The van der Waals surface area contributed by atoms with E-state index in [1.165, 1.54) is 25.2 Å². The smallest absolute Gasteiger partial charge is 0.418 e. The van der Waals surface area contributed by atoms with Crippen LogP contribution >= 0.6 is 11.3 Å². The Morgan fingerprint density at radius 1 is 1.25 bits per heavy atom. The summed E-state index contributed by atoms with van der Waals surface area (Å²) >= 11 is 1.16. The predicted molar refractivity (Wildman–Crippen MR) is 95.5 cm³/mol. The number of para-hydroxylation sites is 1. The second kappa shape index (κ2) is 6.59. The molecular formula is C17H13F3N4O3S. The third-order valence-electron chi connectivity index (χ3n) is 4.27. The van der Waals surface area contributed by atoms with Crippen molar-refractivity contribution in [1.29, 1.82) is 0 Å². The molecule has 1 saturated heterocycles. The lowest BCUT2D eigenvalue weighted by molar-refractivity contribution is -0.136. The van der Waals surface area contributed by atoms with Crippen molar-refractivity contribution in [2.24, 2.45) is 7.05 Å². The van der Waals surface area contributed by atoms with Crippen LogP contribution in [-0.4, -0.2) is 39.9 Å². The highest BCUT2D eigenvalue weighted by molar-refractivity contribution is 7.22. The lowest BCUT2D eigenvalue weighted by Crippen LogP contribution is -2.53. The van der Waals surface area contributed by atoms with Crippen LogP contribution in [0.2, 0.25) is 0 Å². The van der Waals surface area contributed by atoms with Crippen LogP contribution in [-0.2, 0) is 18.0 Å². The van der Waals surface area contributed by atoms with Crippen LogP contribution in [0.25, 0.3) is 10.2 Å². The van der Waals surface area contributed by atoms with E-state index in [-0.39, 0.29) is 16.8 Å². The Bertz CT molecular complexity index is 1120. The number of hydrogen-bond acceptors (Lipinski definition) is 7. The zero-order chi connectivity index (χ0) is 20.1. The molecule has 0 atom stereocenters. The van der Waals surface area contributed by atoms with Gasteiger partial charge >= 0.3 is 12.1 Å². The molecule has 0 saturated carbocycles. The molecule has 146 valence electrons. The number of carbonyl (C=O) groups excluding carboxylic acids is 1. The summed E-state index contributed by atoms with van der Waals surface area (Å²) in [6.07, 6.45) is -4.90. The first-order valence-corrected chi connectivity index (χ1v) is 9.01. The van der Waals surface area contributed by atoms with Gasteiger partial charge in [-0.25, -0.2) is 14.5 Å². The Kier molecular flexibility index (Phi) is 4.33. The van der Waals surface area contributed by atoms with E-state index in [2.05, 4.69) is 10.1 Å². The van der Waals surface area contributed by atoms with E-state index in [0.29, 0.717) is 22.9 Å². The van der Waals surface area contributed by atoms with Crippen LogP contribution in [0.5, 0.6) is 0 Å². The van der Waals surface area contributed by atoms with E-state index < -0.39 is 23.8 Å². The molecule has 28 heavy (non-hydrogen) atoms. The molecule has 0 N–H and O–H groups in total. The lowest BCUT2D eigenvalue weighted by Gasteiger charge is -2.38. The standard InChI is InChI=1S/C17H13F3N4O3S/c1-23-13(25)6-5-11(22-23)15(26)27-9-7-24(8-9)16-21-14-10(17(18,19)20)3-2-4-12(14)28-16/h2-6,9H,7-8H2,1H3. The Hall–Kier alpha value is -2.95. The number of aromatic nitrogens is 3. The van der Waals surface area contributed by atoms with Gasteiger partial charge in [0.15, 0.2) is 10.8 Å². The average molecular weight is 410 g/mol. The Balaban J connectivity index is 1.44. The highest BCUT2D eigenvalue weighted by atomic mass is 32.1. The molecule has 0 spiro atoms. The monoisotopic (exact) mass is 410 g/mol. The minimum absolute atomic E-state index is 0.00959. The van der Waals surface area contributed by atoms with Crippen molar-refractivity contribution in [2.75, 3.05) is 18.0 Å². The van der Waals surface area contributed by atoms with Gasteiger partial charge in [0.1, 0.15) is 6.10 Å². The van der Waals surface area contributed by atoms with E-state index >= 15 is 0 Å². The van der Waals surface area contributed by atoms with Gasteiger partial charge in [-0.1, -0.05) is 17.4 Å². The molecule has 1 aromatic carbocycles. The minimum atomic E-state index is -4.47. The lowest BCUT2D eigenvalue weighted by atomic mass is 10.2. The molecule has 1 fully saturated rings. The van der Waals surface area contributed by atoms with Crippen LogP contribution in [0.4, 0.5) is 18.3 Å². The molecule has 11 heteroatoms. The summed E-state index contributed by atoms with van der Waals surface area (Å²) < 4.78 is 46.1. The Morgan fingerprint density at radius 3 is 2.68 bits per heavy atom.